The predicted octanol–water partition coefficient (Wildman–Crippen LogP) is 3.28. The average Bonchev–Trinajstić information content (AvgIpc) is 3.66. The summed E-state index contributed by atoms with van der Waals surface area (Å²) < 4.78 is 43.5. The summed E-state index contributed by atoms with van der Waals surface area (Å²) in [5.41, 5.74) is 5.63. The summed E-state index contributed by atoms with van der Waals surface area (Å²) in [6.45, 7) is -0.140. The van der Waals surface area contributed by atoms with E-state index in [0.717, 1.165) is 5.56 Å². The number of anilines is 1. The minimum absolute atomic E-state index is 0.0106. The van der Waals surface area contributed by atoms with Crippen LogP contribution in [0.25, 0.3) is 22.6 Å². The zero-order chi connectivity index (χ0) is 32.2. The zero-order valence-electron chi connectivity index (χ0n) is 24.3. The van der Waals surface area contributed by atoms with E-state index in [4.69, 9.17) is 15.2 Å². The molecule has 3 heterocycles. The van der Waals surface area contributed by atoms with Gasteiger partial charge >= 0.3 is 5.92 Å². The van der Waals surface area contributed by atoms with Crippen LogP contribution in [0, 0.1) is 0 Å². The molecule has 2 aliphatic rings. The number of rotatable bonds is 8. The van der Waals surface area contributed by atoms with Crippen LogP contribution in [-0.4, -0.2) is 70.8 Å². The van der Waals surface area contributed by atoms with Crippen LogP contribution < -0.4 is 10.5 Å². The van der Waals surface area contributed by atoms with E-state index in [2.05, 4.69) is 15.0 Å². The fraction of sp³-hybridized carbons (Fsp3) is 0.303. The number of aliphatic hydroxyl groups excluding tert-OH is 3. The average molecular weight is 632 g/mol. The Morgan fingerprint density at radius 1 is 0.935 bits per heavy atom. The SMILES string of the molecule is Nc1nc(-c2ccccc2)nc2c1ncn2[C@@H]1O[C@H](COc2cccc(CC[C@@]3(O)c4ccccc4C(O)C3(F)F)c2)[C@@H](O)[C@H]1O. The van der Waals surface area contributed by atoms with Crippen molar-refractivity contribution < 1.29 is 38.7 Å². The van der Waals surface area contributed by atoms with Gasteiger partial charge in [0.05, 0.1) is 6.33 Å². The van der Waals surface area contributed by atoms with Crippen molar-refractivity contribution in [2.75, 3.05) is 12.3 Å². The van der Waals surface area contributed by atoms with Crippen LogP contribution in [0.3, 0.4) is 0 Å². The zero-order valence-corrected chi connectivity index (χ0v) is 24.3. The van der Waals surface area contributed by atoms with Gasteiger partial charge in [0.2, 0.25) is 0 Å². The first-order valence-electron chi connectivity index (χ1n) is 14.7. The number of halogens is 2. The number of benzene rings is 3. The minimum atomic E-state index is -3.76. The van der Waals surface area contributed by atoms with E-state index in [1.54, 1.807) is 36.4 Å². The minimum Gasteiger partial charge on any atom is -0.491 e. The number of alkyl halides is 2. The molecular weight excluding hydrogens is 600 g/mol. The number of fused-ring (bicyclic) bond motifs is 2. The lowest BCUT2D eigenvalue weighted by Gasteiger charge is -2.32. The van der Waals surface area contributed by atoms with Gasteiger partial charge in [0.15, 0.2) is 29.1 Å². The Bertz CT molecular complexity index is 1890. The molecule has 0 bridgehead atoms. The monoisotopic (exact) mass is 631 g/mol. The van der Waals surface area contributed by atoms with E-state index in [9.17, 15) is 20.4 Å². The third-order valence-electron chi connectivity index (χ3n) is 8.78. The lowest BCUT2D eigenvalue weighted by molar-refractivity contribution is -0.226. The Labute approximate surface area is 261 Å². The molecule has 6 N–H and O–H groups in total. The van der Waals surface area contributed by atoms with Crippen LogP contribution in [0.4, 0.5) is 14.6 Å². The number of hydrogen-bond acceptors (Lipinski definition) is 10. The molecule has 6 atom stereocenters. The van der Waals surface area contributed by atoms with Crippen LogP contribution in [0.2, 0.25) is 0 Å². The Balaban J connectivity index is 1.04. The molecule has 1 unspecified atom stereocenters. The number of ether oxygens (including phenoxy) is 2. The van der Waals surface area contributed by atoms with E-state index in [-0.39, 0.29) is 36.4 Å². The Kier molecular flexibility index (Phi) is 7.45. The molecule has 7 rings (SSSR count). The Morgan fingerprint density at radius 3 is 2.50 bits per heavy atom. The number of nitrogens with zero attached hydrogens (tertiary/aromatic N) is 4. The number of hydrogen-bond donors (Lipinski definition) is 5. The number of nitrogen functional groups attached to an aromatic ring is 1. The van der Waals surface area contributed by atoms with Crippen molar-refractivity contribution in [3.63, 3.8) is 0 Å². The molecule has 3 aromatic carbocycles. The molecule has 238 valence electrons. The van der Waals surface area contributed by atoms with Crippen molar-refractivity contribution in [1.29, 1.82) is 0 Å². The quantitative estimate of drug-likeness (QED) is 0.171. The molecule has 0 amide bonds. The maximum absolute atomic E-state index is 15.1. The number of imidazole rings is 1. The van der Waals surface area contributed by atoms with Gasteiger partial charge in [-0.15, -0.1) is 0 Å². The van der Waals surface area contributed by atoms with Crippen LogP contribution in [0.5, 0.6) is 5.75 Å². The molecule has 1 saturated heterocycles. The van der Waals surface area contributed by atoms with Crippen molar-refractivity contribution in [1.82, 2.24) is 19.5 Å². The van der Waals surface area contributed by atoms with Gasteiger partial charge in [-0.3, -0.25) is 4.57 Å². The van der Waals surface area contributed by atoms with Crippen molar-refractivity contribution in [2.45, 2.75) is 55.0 Å². The summed E-state index contributed by atoms with van der Waals surface area (Å²) in [4.78, 5) is 13.2. The molecule has 0 spiro atoms. The maximum atomic E-state index is 15.1. The van der Waals surface area contributed by atoms with Crippen molar-refractivity contribution in [2.24, 2.45) is 0 Å². The van der Waals surface area contributed by atoms with Gasteiger partial charge in [-0.05, 0) is 41.7 Å². The Morgan fingerprint density at radius 2 is 1.70 bits per heavy atom. The maximum Gasteiger partial charge on any atom is 0.309 e. The first kappa shape index (κ1) is 30.1. The second-order valence-electron chi connectivity index (χ2n) is 11.6. The van der Waals surface area contributed by atoms with Gasteiger partial charge in [-0.2, -0.15) is 8.78 Å². The third-order valence-corrected chi connectivity index (χ3v) is 8.78. The number of aliphatic hydroxyl groups is 4. The summed E-state index contributed by atoms with van der Waals surface area (Å²) in [6.07, 6.45) is -5.61. The molecule has 0 saturated carbocycles. The van der Waals surface area contributed by atoms with Crippen LogP contribution in [0.15, 0.2) is 85.2 Å². The first-order valence-corrected chi connectivity index (χ1v) is 14.7. The highest BCUT2D eigenvalue weighted by atomic mass is 19.3. The lowest BCUT2D eigenvalue weighted by atomic mass is 9.86. The van der Waals surface area contributed by atoms with Gasteiger partial charge < -0.3 is 35.6 Å². The van der Waals surface area contributed by atoms with Crippen molar-refractivity contribution >= 4 is 17.0 Å². The Hall–Kier alpha value is -4.53. The first-order chi connectivity index (χ1) is 22.1. The molecular formula is C33H31F2N5O6. The standard InChI is InChI=1S/C33H31F2N5O6/c34-33(35)27(43)21-11-4-5-12-22(21)32(33,44)14-13-18-7-6-10-20(15-18)45-16-23-25(41)26(42)31(46-23)40-17-37-24-28(36)38-29(39-30(24)40)19-8-2-1-3-9-19/h1-12,15,17,23,25-27,31,41-44H,13-14,16H2,(H2,36,38,39)/t23-,25-,26-,27?,31-,32-/m1/s1. The molecule has 2 aromatic heterocycles. The molecule has 0 radical (unpaired) electrons. The van der Waals surface area contributed by atoms with Gasteiger partial charge in [0.25, 0.3) is 0 Å². The number of aromatic nitrogens is 4. The fourth-order valence-corrected chi connectivity index (χ4v) is 6.25. The van der Waals surface area contributed by atoms with Gasteiger partial charge in [-0.1, -0.05) is 66.7 Å². The number of aryl methyl sites for hydroxylation is 1. The highest BCUT2D eigenvalue weighted by molar-refractivity contribution is 5.83. The molecule has 46 heavy (non-hydrogen) atoms. The summed E-state index contributed by atoms with van der Waals surface area (Å²) in [5, 5.41) is 43.1. The topological polar surface area (TPSA) is 169 Å². The van der Waals surface area contributed by atoms with Gasteiger partial charge in [0.1, 0.15) is 42.3 Å². The highest BCUT2D eigenvalue weighted by Crippen LogP contribution is 2.56. The van der Waals surface area contributed by atoms with Crippen molar-refractivity contribution in [3.8, 4) is 17.1 Å². The normalized spacial score (nSPS) is 26.8. The van der Waals surface area contributed by atoms with Gasteiger partial charge in [0, 0.05) is 5.56 Å². The summed E-state index contributed by atoms with van der Waals surface area (Å²) in [6, 6.07) is 21.8. The van der Waals surface area contributed by atoms with Crippen LogP contribution in [0.1, 0.15) is 35.4 Å². The molecule has 11 nitrogen and oxygen atoms in total. The van der Waals surface area contributed by atoms with E-state index in [0.29, 0.717) is 28.3 Å². The summed E-state index contributed by atoms with van der Waals surface area (Å²) in [5.74, 6) is -2.87. The molecule has 1 fully saturated rings. The van der Waals surface area contributed by atoms with E-state index in [1.165, 1.54) is 23.0 Å². The molecule has 5 aromatic rings. The van der Waals surface area contributed by atoms with E-state index < -0.39 is 42.2 Å². The molecule has 1 aliphatic heterocycles. The van der Waals surface area contributed by atoms with E-state index in [1.807, 2.05) is 30.3 Å². The molecule has 13 heteroatoms. The highest BCUT2D eigenvalue weighted by Gasteiger charge is 2.64. The largest absolute Gasteiger partial charge is 0.491 e. The second kappa shape index (κ2) is 11.4. The summed E-state index contributed by atoms with van der Waals surface area (Å²) >= 11 is 0. The van der Waals surface area contributed by atoms with Crippen molar-refractivity contribution in [3.05, 3.63) is 102 Å². The third kappa shape index (κ3) is 4.87. The van der Waals surface area contributed by atoms with Crippen LogP contribution >= 0.6 is 0 Å². The predicted molar refractivity (Wildman–Crippen MR) is 162 cm³/mol. The van der Waals surface area contributed by atoms with E-state index >= 15 is 8.78 Å². The van der Waals surface area contributed by atoms with Gasteiger partial charge in [-0.25, -0.2) is 15.0 Å². The number of nitrogens with two attached hydrogens (primary N) is 1. The fourth-order valence-electron chi connectivity index (χ4n) is 6.25. The molecule has 1 aliphatic carbocycles. The van der Waals surface area contributed by atoms with Crippen LogP contribution in [-0.2, 0) is 16.8 Å². The summed E-state index contributed by atoms with van der Waals surface area (Å²) in [7, 11) is 0. The smallest absolute Gasteiger partial charge is 0.309 e. The second-order valence-corrected chi connectivity index (χ2v) is 11.6. The lowest BCUT2D eigenvalue weighted by Crippen LogP contribution is -2.44.